The smallest absolute Gasteiger partial charge is 0.309 e. The topological polar surface area (TPSA) is 78.5 Å². The fraction of sp³-hybridized carbons (Fsp3) is 0.167. The quantitative estimate of drug-likeness (QED) is 0.422. The lowest BCUT2D eigenvalue weighted by atomic mass is 10.3. The van der Waals surface area contributed by atoms with Crippen LogP contribution in [0.4, 0.5) is 13.2 Å². The number of aromatic nitrogens is 6. The fourth-order valence-electron chi connectivity index (χ4n) is 2.59. The van der Waals surface area contributed by atoms with E-state index < -0.39 is 17.3 Å². The van der Waals surface area contributed by atoms with Crippen molar-refractivity contribution >= 4 is 34.7 Å². The molecule has 0 aliphatic heterocycles. The van der Waals surface area contributed by atoms with Crippen molar-refractivity contribution in [3.63, 3.8) is 0 Å². The summed E-state index contributed by atoms with van der Waals surface area (Å²) in [7, 11) is 1.81. The molecule has 0 aliphatic carbocycles. The Morgan fingerprint density at radius 1 is 1.19 bits per heavy atom. The maximum Gasteiger partial charge on any atom is 0.417 e. The number of nitrogens with zero attached hydrogens (tertiary/aromatic N) is 6. The van der Waals surface area contributed by atoms with Crippen LogP contribution in [0.3, 0.4) is 0 Å². The Labute approximate surface area is 186 Å². The molecule has 0 fully saturated rings. The zero-order valence-corrected chi connectivity index (χ0v) is 18.1. The van der Waals surface area contributed by atoms with Gasteiger partial charge in [-0.2, -0.15) is 23.0 Å². The number of thiophene rings is 1. The molecule has 0 bridgehead atoms. The minimum absolute atomic E-state index is 0.0756. The molecule has 0 saturated carbocycles. The second-order valence-corrected chi connectivity index (χ2v) is 8.68. The normalized spacial score (nSPS) is 11.8. The molecule has 0 radical (unpaired) electrons. The number of hydrogen-bond acceptors (Lipinski definition) is 7. The molecule has 0 aliphatic rings. The summed E-state index contributed by atoms with van der Waals surface area (Å²) < 4.78 is 40.7. The van der Waals surface area contributed by atoms with E-state index in [0.29, 0.717) is 22.7 Å². The Morgan fingerprint density at radius 2 is 2.00 bits per heavy atom. The van der Waals surface area contributed by atoms with Crippen molar-refractivity contribution in [1.82, 2.24) is 29.5 Å². The van der Waals surface area contributed by atoms with Crippen LogP contribution >= 0.6 is 34.7 Å². The predicted octanol–water partition coefficient (Wildman–Crippen LogP) is 4.23. The molecule has 0 spiro atoms. The van der Waals surface area contributed by atoms with E-state index in [1.165, 1.54) is 6.20 Å². The summed E-state index contributed by atoms with van der Waals surface area (Å²) >= 11 is 8.95. The molecular formula is C18H12ClF3N6OS2. The number of rotatable bonds is 5. The number of halogens is 4. The Bertz CT molecular complexity index is 1270. The first-order chi connectivity index (χ1) is 14.7. The fourth-order valence-corrected chi connectivity index (χ4v) is 4.33. The first kappa shape index (κ1) is 21.5. The predicted molar refractivity (Wildman–Crippen MR) is 110 cm³/mol. The van der Waals surface area contributed by atoms with Crippen LogP contribution in [0.15, 0.2) is 56.9 Å². The van der Waals surface area contributed by atoms with Crippen molar-refractivity contribution in [2.45, 2.75) is 22.6 Å². The molecular weight excluding hydrogens is 473 g/mol. The van der Waals surface area contributed by atoms with Crippen LogP contribution in [0.1, 0.15) is 16.3 Å². The van der Waals surface area contributed by atoms with Gasteiger partial charge >= 0.3 is 6.18 Å². The third-order valence-electron chi connectivity index (χ3n) is 4.22. The van der Waals surface area contributed by atoms with Crippen LogP contribution in [0.25, 0.3) is 5.82 Å². The molecule has 4 heterocycles. The summed E-state index contributed by atoms with van der Waals surface area (Å²) in [6.07, 6.45) is -1.94. The summed E-state index contributed by atoms with van der Waals surface area (Å²) in [4.78, 5) is 17.8. The van der Waals surface area contributed by atoms with Crippen molar-refractivity contribution < 1.29 is 13.2 Å². The van der Waals surface area contributed by atoms with Gasteiger partial charge in [-0.3, -0.25) is 4.79 Å². The van der Waals surface area contributed by atoms with E-state index in [9.17, 15) is 18.0 Å². The van der Waals surface area contributed by atoms with E-state index in [-0.39, 0.29) is 10.8 Å². The number of hydrogen-bond donors (Lipinski definition) is 0. The van der Waals surface area contributed by atoms with Gasteiger partial charge in [0.15, 0.2) is 11.0 Å². The Morgan fingerprint density at radius 3 is 2.65 bits per heavy atom. The van der Waals surface area contributed by atoms with Crippen molar-refractivity contribution in [3.05, 3.63) is 73.7 Å². The van der Waals surface area contributed by atoms with Gasteiger partial charge in [-0.05, 0) is 35.3 Å². The maximum atomic E-state index is 12.7. The first-order valence-electron chi connectivity index (χ1n) is 8.64. The van der Waals surface area contributed by atoms with Gasteiger partial charge in [-0.1, -0.05) is 17.7 Å². The van der Waals surface area contributed by atoms with E-state index in [1.807, 2.05) is 17.5 Å². The van der Waals surface area contributed by atoms with Gasteiger partial charge in [-0.15, -0.1) is 21.5 Å². The zero-order valence-electron chi connectivity index (χ0n) is 15.7. The standard InChI is InChI=1S/C18H12ClF3N6OS2/c1-27-14(7-11-3-2-6-30-11)25-26-17(27)31-12-9-24-28(16(29)15(12)19)13-5-4-10(8-23-13)18(20,21)22/h2-6,8-9H,7H2,1H3. The van der Waals surface area contributed by atoms with Crippen molar-refractivity contribution in [3.8, 4) is 5.82 Å². The number of alkyl halides is 3. The van der Waals surface area contributed by atoms with Crippen molar-refractivity contribution in [2.75, 3.05) is 0 Å². The largest absolute Gasteiger partial charge is 0.417 e. The molecule has 7 nitrogen and oxygen atoms in total. The minimum Gasteiger partial charge on any atom is -0.309 e. The molecule has 0 atom stereocenters. The lowest BCUT2D eigenvalue weighted by Crippen LogP contribution is -2.23. The van der Waals surface area contributed by atoms with Gasteiger partial charge in [0.05, 0.1) is 16.7 Å². The molecule has 0 unspecified atom stereocenters. The lowest BCUT2D eigenvalue weighted by molar-refractivity contribution is -0.137. The third-order valence-corrected chi connectivity index (χ3v) is 6.64. The van der Waals surface area contributed by atoms with Gasteiger partial charge in [0, 0.05) is 24.5 Å². The van der Waals surface area contributed by atoms with E-state index in [4.69, 9.17) is 11.6 Å². The summed E-state index contributed by atoms with van der Waals surface area (Å²) in [5.74, 6) is 0.671. The summed E-state index contributed by atoms with van der Waals surface area (Å²) in [6.45, 7) is 0. The van der Waals surface area contributed by atoms with Crippen LogP contribution in [-0.4, -0.2) is 29.5 Å². The Kier molecular flexibility index (Phi) is 5.86. The highest BCUT2D eigenvalue weighted by molar-refractivity contribution is 7.99. The van der Waals surface area contributed by atoms with Crippen LogP contribution < -0.4 is 5.56 Å². The molecule has 4 aromatic heterocycles. The van der Waals surface area contributed by atoms with E-state index in [2.05, 4.69) is 20.3 Å². The van der Waals surface area contributed by atoms with E-state index >= 15 is 0 Å². The average Bonchev–Trinajstić information content (AvgIpc) is 3.37. The van der Waals surface area contributed by atoms with Gasteiger partial charge < -0.3 is 4.57 Å². The highest BCUT2D eigenvalue weighted by Crippen LogP contribution is 2.31. The first-order valence-corrected chi connectivity index (χ1v) is 10.7. The monoisotopic (exact) mass is 484 g/mol. The zero-order chi connectivity index (χ0) is 22.2. The highest BCUT2D eigenvalue weighted by Gasteiger charge is 2.30. The Balaban J connectivity index is 1.58. The molecule has 4 aromatic rings. The molecule has 160 valence electrons. The van der Waals surface area contributed by atoms with Gasteiger partial charge in [0.1, 0.15) is 10.8 Å². The molecule has 0 aromatic carbocycles. The summed E-state index contributed by atoms with van der Waals surface area (Å²) in [6, 6.07) is 5.83. The SMILES string of the molecule is Cn1c(Cc2cccs2)nnc1Sc1cnn(-c2ccc(C(F)(F)F)cn2)c(=O)c1Cl. The minimum atomic E-state index is -4.53. The lowest BCUT2D eigenvalue weighted by Gasteiger charge is -2.09. The second kappa shape index (κ2) is 8.44. The Hall–Kier alpha value is -2.70. The van der Waals surface area contributed by atoms with E-state index in [0.717, 1.165) is 39.3 Å². The third kappa shape index (κ3) is 4.50. The molecule has 0 amide bonds. The highest BCUT2D eigenvalue weighted by atomic mass is 35.5. The maximum absolute atomic E-state index is 12.7. The van der Waals surface area contributed by atoms with Gasteiger partial charge in [0.2, 0.25) is 0 Å². The van der Waals surface area contributed by atoms with Crippen LogP contribution in [0.5, 0.6) is 0 Å². The molecule has 0 N–H and O–H groups in total. The molecule has 31 heavy (non-hydrogen) atoms. The van der Waals surface area contributed by atoms with Crippen LogP contribution in [-0.2, 0) is 19.6 Å². The van der Waals surface area contributed by atoms with Crippen molar-refractivity contribution in [2.24, 2.45) is 7.05 Å². The summed E-state index contributed by atoms with van der Waals surface area (Å²) in [5, 5.41) is 14.7. The average molecular weight is 485 g/mol. The van der Waals surface area contributed by atoms with Gasteiger partial charge in [-0.25, -0.2) is 4.98 Å². The van der Waals surface area contributed by atoms with Crippen LogP contribution in [0, 0.1) is 0 Å². The molecule has 4 rings (SSSR count). The van der Waals surface area contributed by atoms with Crippen molar-refractivity contribution in [1.29, 1.82) is 0 Å². The summed E-state index contributed by atoms with van der Waals surface area (Å²) in [5.41, 5.74) is -1.64. The molecule has 13 heteroatoms. The molecule has 0 saturated heterocycles. The van der Waals surface area contributed by atoms with Crippen LogP contribution in [0.2, 0.25) is 5.02 Å². The van der Waals surface area contributed by atoms with Gasteiger partial charge in [0.25, 0.3) is 5.56 Å². The second-order valence-electron chi connectivity index (χ2n) is 6.26. The van der Waals surface area contributed by atoms with E-state index in [1.54, 1.807) is 23.0 Å². The number of pyridine rings is 1.